The highest BCUT2D eigenvalue weighted by molar-refractivity contribution is 8.05. The van der Waals surface area contributed by atoms with Gasteiger partial charge in [-0.05, 0) is 35.0 Å². The summed E-state index contributed by atoms with van der Waals surface area (Å²) in [6.07, 6.45) is 0. The monoisotopic (exact) mass is 303 g/mol. The Balaban J connectivity index is 1.99. The first-order chi connectivity index (χ1) is 9.69. The van der Waals surface area contributed by atoms with Crippen LogP contribution < -0.4 is 0 Å². The summed E-state index contributed by atoms with van der Waals surface area (Å²) in [4.78, 5) is 26.0. The molecule has 20 heavy (non-hydrogen) atoms. The molecule has 1 atom stereocenters. The predicted molar refractivity (Wildman–Crippen MR) is 77.3 cm³/mol. The number of hydrogen-bond acceptors (Lipinski definition) is 5. The van der Waals surface area contributed by atoms with Gasteiger partial charge in [-0.1, -0.05) is 41.7 Å². The van der Waals surface area contributed by atoms with Crippen molar-refractivity contribution in [2.75, 3.05) is 0 Å². The molecule has 0 aliphatic carbocycles. The highest BCUT2D eigenvalue weighted by Gasteiger charge is 2.23. The number of carbonyl (C=O) groups is 1. The zero-order chi connectivity index (χ0) is 14.1. The molecule has 0 spiro atoms. The molecule has 100 valence electrons. The molecular formula is C14H9NO3S2. The Morgan fingerprint density at radius 1 is 1.00 bits per heavy atom. The minimum absolute atomic E-state index is 0.415. The van der Waals surface area contributed by atoms with Crippen molar-refractivity contribution in [2.24, 2.45) is 5.18 Å². The van der Waals surface area contributed by atoms with Crippen LogP contribution in [0.2, 0.25) is 0 Å². The molecule has 4 nitrogen and oxygen atoms in total. The Hall–Kier alpha value is -1.79. The number of benzene rings is 2. The van der Waals surface area contributed by atoms with Gasteiger partial charge in [-0.2, -0.15) is 0 Å². The molecule has 1 N–H and O–H groups in total. The number of nitroso groups, excluding NO2 is 1. The molecule has 0 bridgehead atoms. The van der Waals surface area contributed by atoms with Crippen LogP contribution >= 0.6 is 23.5 Å². The Kier molecular flexibility index (Phi) is 3.50. The predicted octanol–water partition coefficient (Wildman–Crippen LogP) is 4.19. The van der Waals surface area contributed by atoms with E-state index in [1.807, 2.05) is 24.3 Å². The van der Waals surface area contributed by atoms with Crippen molar-refractivity contribution in [3.63, 3.8) is 0 Å². The Morgan fingerprint density at radius 3 is 2.20 bits per heavy atom. The third kappa shape index (κ3) is 2.32. The van der Waals surface area contributed by atoms with Crippen LogP contribution in [-0.2, 0) is 4.79 Å². The maximum Gasteiger partial charge on any atom is 0.336 e. The molecule has 0 fully saturated rings. The van der Waals surface area contributed by atoms with Crippen LogP contribution in [0.1, 0.15) is 11.6 Å². The van der Waals surface area contributed by atoms with E-state index in [1.165, 1.54) is 4.90 Å². The second kappa shape index (κ2) is 5.30. The summed E-state index contributed by atoms with van der Waals surface area (Å²) >= 11 is 3.22. The molecule has 2 aromatic rings. The number of carboxylic acid groups (broad SMARTS) is 1. The second-order valence-corrected chi connectivity index (χ2v) is 6.37. The number of fused-ring (bicyclic) bond motifs is 2. The van der Waals surface area contributed by atoms with Crippen LogP contribution in [0.3, 0.4) is 0 Å². The maximum absolute atomic E-state index is 11.0. The summed E-state index contributed by atoms with van der Waals surface area (Å²) in [5.41, 5.74) is 0.415. The summed E-state index contributed by atoms with van der Waals surface area (Å²) in [5, 5.41) is 11.7. The van der Waals surface area contributed by atoms with Crippen molar-refractivity contribution < 1.29 is 9.90 Å². The first-order valence-electron chi connectivity index (χ1n) is 5.83. The van der Waals surface area contributed by atoms with Gasteiger partial charge in [-0.15, -0.1) is 4.91 Å². The van der Waals surface area contributed by atoms with Crippen molar-refractivity contribution in [3.05, 3.63) is 52.9 Å². The third-order valence-electron chi connectivity index (χ3n) is 2.91. The molecule has 1 heterocycles. The first kappa shape index (κ1) is 13.2. The van der Waals surface area contributed by atoms with E-state index in [2.05, 4.69) is 11.2 Å². The number of nitrogens with zero attached hydrogens (tertiary/aromatic N) is 1. The molecule has 0 saturated heterocycles. The first-order valence-corrected chi connectivity index (χ1v) is 7.46. The van der Waals surface area contributed by atoms with Crippen LogP contribution in [-0.4, -0.2) is 11.1 Å². The lowest BCUT2D eigenvalue weighted by Crippen LogP contribution is -2.08. The lowest BCUT2D eigenvalue weighted by Gasteiger charge is -2.19. The van der Waals surface area contributed by atoms with Crippen molar-refractivity contribution in [3.8, 4) is 0 Å². The smallest absolute Gasteiger partial charge is 0.336 e. The standard InChI is InChI=1S/C14H9NO3S2/c16-14(17)13(15-18)8-5-6-11-12(7-8)20-10-4-2-1-3-9(10)19-11/h1-7,13H,(H,16,17). The van der Waals surface area contributed by atoms with Crippen molar-refractivity contribution in [1.29, 1.82) is 0 Å². The van der Waals surface area contributed by atoms with Crippen molar-refractivity contribution >= 4 is 29.5 Å². The number of carboxylic acids is 1. The van der Waals surface area contributed by atoms with Gasteiger partial charge in [0.2, 0.25) is 6.04 Å². The normalized spacial score (nSPS) is 14.0. The van der Waals surface area contributed by atoms with E-state index in [0.717, 1.165) is 14.7 Å². The average Bonchev–Trinajstić information content (AvgIpc) is 2.45. The SMILES string of the molecule is O=NC(C(=O)O)c1ccc2c(c1)Sc1ccccc1S2. The summed E-state index contributed by atoms with van der Waals surface area (Å²) < 4.78 is 0. The van der Waals surface area contributed by atoms with Crippen LogP contribution in [0.25, 0.3) is 0 Å². The van der Waals surface area contributed by atoms with Gasteiger partial charge in [-0.25, -0.2) is 4.79 Å². The summed E-state index contributed by atoms with van der Waals surface area (Å²) in [7, 11) is 0. The van der Waals surface area contributed by atoms with E-state index in [4.69, 9.17) is 5.11 Å². The number of aliphatic carboxylic acids is 1. The maximum atomic E-state index is 11.0. The molecule has 1 aliphatic heterocycles. The minimum Gasteiger partial charge on any atom is -0.479 e. The van der Waals surface area contributed by atoms with Crippen molar-refractivity contribution in [2.45, 2.75) is 25.6 Å². The second-order valence-electron chi connectivity index (χ2n) is 4.20. The van der Waals surface area contributed by atoms with Crippen LogP contribution in [0.4, 0.5) is 0 Å². The van der Waals surface area contributed by atoms with E-state index in [0.29, 0.717) is 5.56 Å². The largest absolute Gasteiger partial charge is 0.479 e. The summed E-state index contributed by atoms with van der Waals surface area (Å²) in [6, 6.07) is 11.9. The fourth-order valence-electron chi connectivity index (χ4n) is 1.96. The van der Waals surface area contributed by atoms with Gasteiger partial charge in [0.05, 0.1) is 0 Å². The summed E-state index contributed by atoms with van der Waals surface area (Å²) in [5.74, 6) is -1.23. The topological polar surface area (TPSA) is 66.7 Å². The molecule has 0 saturated carbocycles. The third-order valence-corrected chi connectivity index (χ3v) is 5.46. The highest BCUT2D eigenvalue weighted by atomic mass is 32.2. The van der Waals surface area contributed by atoms with Crippen LogP contribution in [0.5, 0.6) is 0 Å². The van der Waals surface area contributed by atoms with Gasteiger partial charge in [0, 0.05) is 19.6 Å². The van der Waals surface area contributed by atoms with Gasteiger partial charge >= 0.3 is 5.97 Å². The molecule has 1 unspecified atom stereocenters. The van der Waals surface area contributed by atoms with Gasteiger partial charge in [0.25, 0.3) is 0 Å². The van der Waals surface area contributed by atoms with Crippen molar-refractivity contribution in [1.82, 2.24) is 0 Å². The highest BCUT2D eigenvalue weighted by Crippen LogP contribution is 2.48. The van der Waals surface area contributed by atoms with Crippen LogP contribution in [0.15, 0.2) is 67.2 Å². The fraction of sp³-hybridized carbons (Fsp3) is 0.0714. The Labute approximate surface area is 123 Å². The lowest BCUT2D eigenvalue weighted by atomic mass is 10.1. The molecule has 0 aromatic heterocycles. The molecule has 3 rings (SSSR count). The molecular weight excluding hydrogens is 294 g/mol. The van der Waals surface area contributed by atoms with Gasteiger partial charge in [0.15, 0.2) is 0 Å². The van der Waals surface area contributed by atoms with Gasteiger partial charge < -0.3 is 5.11 Å². The molecule has 2 aromatic carbocycles. The number of rotatable bonds is 3. The zero-order valence-electron chi connectivity index (χ0n) is 10.1. The van der Waals surface area contributed by atoms with E-state index in [-0.39, 0.29) is 0 Å². The quantitative estimate of drug-likeness (QED) is 0.735. The summed E-state index contributed by atoms with van der Waals surface area (Å²) in [6.45, 7) is 0. The average molecular weight is 303 g/mol. The van der Waals surface area contributed by atoms with E-state index < -0.39 is 12.0 Å². The van der Waals surface area contributed by atoms with E-state index in [1.54, 1.807) is 35.7 Å². The lowest BCUT2D eigenvalue weighted by molar-refractivity contribution is -0.138. The fourth-order valence-corrected chi connectivity index (χ4v) is 4.23. The molecule has 6 heteroatoms. The Morgan fingerprint density at radius 2 is 1.60 bits per heavy atom. The van der Waals surface area contributed by atoms with E-state index in [9.17, 15) is 9.70 Å². The molecule has 0 amide bonds. The van der Waals surface area contributed by atoms with Crippen LogP contribution in [0, 0.1) is 4.91 Å². The number of hydrogen-bond donors (Lipinski definition) is 1. The van der Waals surface area contributed by atoms with E-state index >= 15 is 0 Å². The molecule has 1 aliphatic rings. The van der Waals surface area contributed by atoms with Gasteiger partial charge in [0.1, 0.15) is 0 Å². The minimum atomic E-state index is -1.34. The molecule has 0 radical (unpaired) electrons. The zero-order valence-corrected chi connectivity index (χ0v) is 11.8. The Bertz CT molecular complexity index is 703. The van der Waals surface area contributed by atoms with Gasteiger partial charge in [-0.3, -0.25) is 0 Å².